The van der Waals surface area contributed by atoms with Crippen molar-refractivity contribution in [2.75, 3.05) is 0 Å². The number of hydrogen-bond donors (Lipinski definition) is 0. The van der Waals surface area contributed by atoms with Gasteiger partial charge in [-0.25, -0.2) is 9.18 Å². The number of benzene rings is 1. The molecule has 0 radical (unpaired) electrons. The Morgan fingerprint density at radius 2 is 1.73 bits per heavy atom. The van der Waals surface area contributed by atoms with E-state index >= 15 is 0 Å². The van der Waals surface area contributed by atoms with Crippen LogP contribution in [0.5, 0.6) is 0 Å². The maximum atomic E-state index is 13.9. The highest BCUT2D eigenvalue weighted by Gasteiger charge is 2.34. The molecule has 190 valence electrons. The number of rotatable bonds is 3. The average Bonchev–Trinajstić information content (AvgIpc) is 3.40. The Morgan fingerprint density at radius 1 is 0.973 bits per heavy atom. The Balaban J connectivity index is 1.60. The molecule has 0 unspecified atom stereocenters. The first kappa shape index (κ1) is 24.7. The van der Waals surface area contributed by atoms with Gasteiger partial charge < -0.3 is 4.57 Å². The Kier molecular flexibility index (Phi) is 5.69. The molecule has 3 aromatic heterocycles. The summed E-state index contributed by atoms with van der Waals surface area (Å²) in [5, 5.41) is 0. The number of halogens is 4. The normalized spacial score (nSPS) is 13.6. The summed E-state index contributed by atoms with van der Waals surface area (Å²) in [7, 11) is 1.49. The van der Waals surface area contributed by atoms with E-state index in [9.17, 15) is 22.4 Å². The van der Waals surface area contributed by atoms with Gasteiger partial charge in [-0.2, -0.15) is 13.2 Å². The van der Waals surface area contributed by atoms with Crippen LogP contribution in [0.25, 0.3) is 34.3 Å². The van der Waals surface area contributed by atoms with E-state index < -0.39 is 23.2 Å². The van der Waals surface area contributed by atoms with Gasteiger partial charge >= 0.3 is 11.9 Å². The van der Waals surface area contributed by atoms with Gasteiger partial charge in [-0.15, -0.1) is 0 Å². The van der Waals surface area contributed by atoms with E-state index in [1.165, 1.54) is 23.4 Å². The predicted octanol–water partition coefficient (Wildman–Crippen LogP) is 6.44. The molecule has 37 heavy (non-hydrogen) atoms. The Hall–Kier alpha value is -4.01. The van der Waals surface area contributed by atoms with Crippen molar-refractivity contribution in [3.05, 3.63) is 93.7 Å². The molecule has 1 aliphatic rings. The highest BCUT2D eigenvalue weighted by atomic mass is 19.4. The summed E-state index contributed by atoms with van der Waals surface area (Å²) >= 11 is 0. The van der Waals surface area contributed by atoms with Gasteiger partial charge in [0.15, 0.2) is 0 Å². The van der Waals surface area contributed by atoms with Gasteiger partial charge in [0.05, 0.1) is 28.3 Å². The second-order valence-electron chi connectivity index (χ2n) is 10.2. The first-order valence-corrected chi connectivity index (χ1v) is 11.7. The highest BCUT2D eigenvalue weighted by molar-refractivity contribution is 5.73. The number of imidazole rings is 1. The van der Waals surface area contributed by atoms with Crippen LogP contribution < -0.4 is 5.69 Å². The second kappa shape index (κ2) is 8.54. The monoisotopic (exact) mass is 508 g/mol. The fourth-order valence-corrected chi connectivity index (χ4v) is 4.45. The molecule has 3 heterocycles. The molecular formula is C28H24F4N4O. The van der Waals surface area contributed by atoms with Crippen LogP contribution in [0, 0.1) is 11.2 Å². The summed E-state index contributed by atoms with van der Waals surface area (Å²) in [4.78, 5) is 21.9. The lowest BCUT2D eigenvalue weighted by Gasteiger charge is -2.19. The van der Waals surface area contributed by atoms with Gasteiger partial charge in [-0.1, -0.05) is 32.4 Å². The van der Waals surface area contributed by atoms with Crippen LogP contribution in [0.15, 0.2) is 65.4 Å². The fourth-order valence-electron chi connectivity index (χ4n) is 4.45. The van der Waals surface area contributed by atoms with Crippen LogP contribution in [0.2, 0.25) is 0 Å². The van der Waals surface area contributed by atoms with Gasteiger partial charge in [-0.05, 0) is 52.9 Å². The molecule has 9 heteroatoms. The van der Waals surface area contributed by atoms with Crippen LogP contribution >= 0.6 is 0 Å². The van der Waals surface area contributed by atoms with Crippen molar-refractivity contribution in [2.45, 2.75) is 33.4 Å². The van der Waals surface area contributed by atoms with E-state index in [1.54, 1.807) is 24.5 Å². The second-order valence-corrected chi connectivity index (χ2v) is 10.2. The minimum atomic E-state index is -4.90. The van der Waals surface area contributed by atoms with E-state index in [4.69, 9.17) is 0 Å². The van der Waals surface area contributed by atoms with Crippen LogP contribution in [0.1, 0.15) is 37.6 Å². The highest BCUT2D eigenvalue weighted by Crippen LogP contribution is 2.37. The van der Waals surface area contributed by atoms with E-state index in [2.05, 4.69) is 36.8 Å². The molecule has 0 atom stereocenters. The van der Waals surface area contributed by atoms with Crippen molar-refractivity contribution in [3.63, 3.8) is 0 Å². The average molecular weight is 509 g/mol. The molecule has 5 rings (SSSR count). The number of alkyl halides is 3. The smallest absolute Gasteiger partial charge is 0.301 e. The largest absolute Gasteiger partial charge is 0.419 e. The van der Waals surface area contributed by atoms with Crippen LogP contribution in [-0.4, -0.2) is 19.1 Å². The number of aryl methyl sites for hydroxylation is 1. The summed E-state index contributed by atoms with van der Waals surface area (Å²) in [6.45, 7) is 6.50. The zero-order valence-electron chi connectivity index (χ0n) is 20.7. The van der Waals surface area contributed by atoms with Gasteiger partial charge in [0.2, 0.25) is 0 Å². The molecule has 0 aliphatic heterocycles. The quantitative estimate of drug-likeness (QED) is 0.299. The van der Waals surface area contributed by atoms with Crippen molar-refractivity contribution in [2.24, 2.45) is 12.5 Å². The molecular weight excluding hydrogens is 484 g/mol. The van der Waals surface area contributed by atoms with E-state index in [0.29, 0.717) is 17.8 Å². The number of aromatic nitrogens is 4. The molecule has 4 aromatic rings. The summed E-state index contributed by atoms with van der Waals surface area (Å²) in [6, 6.07) is 8.10. The van der Waals surface area contributed by atoms with Crippen molar-refractivity contribution in [1.82, 2.24) is 19.1 Å². The summed E-state index contributed by atoms with van der Waals surface area (Å²) in [6.07, 6.45) is 2.90. The zero-order chi connectivity index (χ0) is 26.7. The molecule has 5 nitrogen and oxygen atoms in total. The maximum Gasteiger partial charge on any atom is 0.419 e. The number of allylic oxidation sites excluding steroid dienone is 1. The Morgan fingerprint density at radius 3 is 2.43 bits per heavy atom. The number of fused-ring (bicyclic) bond motifs is 1. The van der Waals surface area contributed by atoms with Gasteiger partial charge in [0, 0.05) is 37.6 Å². The van der Waals surface area contributed by atoms with E-state index in [-0.39, 0.29) is 16.8 Å². The minimum Gasteiger partial charge on any atom is -0.301 e. The predicted molar refractivity (Wildman–Crippen MR) is 134 cm³/mol. The third kappa shape index (κ3) is 4.50. The van der Waals surface area contributed by atoms with Crippen molar-refractivity contribution >= 4 is 6.08 Å². The maximum absolute atomic E-state index is 13.9. The number of pyridine rings is 2. The Labute approximate surface area is 210 Å². The molecule has 0 amide bonds. The Bertz CT molecular complexity index is 1620. The molecule has 0 saturated carbocycles. The van der Waals surface area contributed by atoms with Gasteiger partial charge in [-0.3, -0.25) is 14.5 Å². The molecule has 1 aromatic carbocycles. The standard InChI is InChI=1S/C28H24F4N4O/c1-27(2,3)19-10-17-9-18(14-34-23(17)12-19)16-7-8-33-24(11-16)25-15-35(4)26(37)36(25)20-5-6-22(29)21(13-20)28(30,31)32/h5-11,13-15H,12H2,1-4H3. The molecule has 0 bridgehead atoms. The van der Waals surface area contributed by atoms with Crippen LogP contribution in [-0.2, 0) is 19.6 Å². The topological polar surface area (TPSA) is 52.7 Å². The lowest BCUT2D eigenvalue weighted by Crippen LogP contribution is -2.22. The molecule has 0 spiro atoms. The lowest BCUT2D eigenvalue weighted by molar-refractivity contribution is -0.140. The number of hydrogen-bond acceptors (Lipinski definition) is 3. The van der Waals surface area contributed by atoms with Crippen molar-refractivity contribution < 1.29 is 17.6 Å². The fraction of sp³-hybridized carbons (Fsp3) is 0.250. The van der Waals surface area contributed by atoms with Crippen molar-refractivity contribution in [3.8, 4) is 28.2 Å². The van der Waals surface area contributed by atoms with Crippen LogP contribution in [0.3, 0.4) is 0 Å². The van der Waals surface area contributed by atoms with Crippen molar-refractivity contribution in [1.29, 1.82) is 0 Å². The first-order valence-electron chi connectivity index (χ1n) is 11.7. The molecule has 1 aliphatic carbocycles. The summed E-state index contributed by atoms with van der Waals surface area (Å²) in [5.41, 5.74) is 3.54. The lowest BCUT2D eigenvalue weighted by atomic mass is 9.86. The first-order chi connectivity index (χ1) is 17.3. The number of nitrogens with zero attached hydrogens (tertiary/aromatic N) is 4. The summed E-state index contributed by atoms with van der Waals surface area (Å²) < 4.78 is 56.3. The molecule has 0 fully saturated rings. The van der Waals surface area contributed by atoms with Crippen LogP contribution in [0.4, 0.5) is 17.6 Å². The SMILES string of the molecule is Cn1cc(-c2cc(-c3cnc4c(c3)C=C(C(C)(C)C)C4)ccn2)n(-c2ccc(F)c(C(F)(F)F)c2)c1=O. The third-order valence-electron chi connectivity index (χ3n) is 6.57. The third-order valence-corrected chi connectivity index (χ3v) is 6.57. The molecule has 0 N–H and O–H groups in total. The van der Waals surface area contributed by atoms with E-state index in [1.807, 2.05) is 6.07 Å². The molecule has 0 saturated heterocycles. The zero-order valence-corrected chi connectivity index (χ0v) is 20.7. The van der Waals surface area contributed by atoms with Gasteiger partial charge in [0.25, 0.3) is 0 Å². The minimum absolute atomic E-state index is 0.0357. The van der Waals surface area contributed by atoms with Gasteiger partial charge in [0.1, 0.15) is 5.82 Å². The summed E-state index contributed by atoms with van der Waals surface area (Å²) in [5.74, 6) is -1.41. The van der Waals surface area contributed by atoms with E-state index in [0.717, 1.165) is 39.4 Å².